The minimum Gasteiger partial charge on any atom is -0.467 e. The van der Waals surface area contributed by atoms with Crippen molar-refractivity contribution in [1.82, 2.24) is 10.3 Å². The number of hydrogen-bond donors (Lipinski definition) is 1. The average Bonchev–Trinajstić information content (AvgIpc) is 2.97. The van der Waals surface area contributed by atoms with Crippen LogP contribution in [0.25, 0.3) is 0 Å². The molecule has 0 bridgehead atoms. The van der Waals surface area contributed by atoms with Gasteiger partial charge >= 0.3 is 0 Å². The maximum absolute atomic E-state index is 5.39. The van der Waals surface area contributed by atoms with Crippen molar-refractivity contribution in [1.29, 1.82) is 0 Å². The fourth-order valence-corrected chi connectivity index (χ4v) is 1.95. The van der Waals surface area contributed by atoms with Crippen LogP contribution in [0.1, 0.15) is 31.2 Å². The van der Waals surface area contributed by atoms with E-state index >= 15 is 0 Å². The Morgan fingerprint density at radius 2 is 2.21 bits per heavy atom. The van der Waals surface area contributed by atoms with E-state index in [1.54, 1.807) is 6.26 Å². The molecule has 19 heavy (non-hydrogen) atoms. The minimum absolute atomic E-state index is 0.321. The number of nitrogens with zero attached hydrogens (tertiary/aromatic N) is 2. The molecule has 0 aliphatic rings. The van der Waals surface area contributed by atoms with Crippen molar-refractivity contribution >= 4 is 5.82 Å². The first-order valence-corrected chi connectivity index (χ1v) is 6.65. The van der Waals surface area contributed by atoms with Crippen molar-refractivity contribution in [3.8, 4) is 0 Å². The second-order valence-electron chi connectivity index (χ2n) is 4.55. The summed E-state index contributed by atoms with van der Waals surface area (Å²) in [6.07, 6.45) is 3.63. The maximum Gasteiger partial charge on any atom is 0.128 e. The van der Waals surface area contributed by atoms with E-state index in [2.05, 4.69) is 41.2 Å². The number of hydrogen-bond acceptors (Lipinski definition) is 4. The van der Waals surface area contributed by atoms with Crippen LogP contribution in [-0.2, 0) is 6.54 Å². The molecular formula is C15H21N3O. The molecule has 4 nitrogen and oxygen atoms in total. The van der Waals surface area contributed by atoms with Gasteiger partial charge in [0.2, 0.25) is 0 Å². The van der Waals surface area contributed by atoms with Crippen LogP contribution in [0, 0.1) is 0 Å². The van der Waals surface area contributed by atoms with E-state index < -0.39 is 0 Å². The van der Waals surface area contributed by atoms with E-state index in [4.69, 9.17) is 4.42 Å². The first kappa shape index (κ1) is 13.6. The third-order valence-corrected chi connectivity index (χ3v) is 3.34. The lowest BCUT2D eigenvalue weighted by Gasteiger charge is -2.21. The van der Waals surface area contributed by atoms with Crippen molar-refractivity contribution < 1.29 is 4.42 Å². The monoisotopic (exact) mass is 259 g/mol. The number of pyridine rings is 1. The van der Waals surface area contributed by atoms with Crippen LogP contribution in [-0.4, -0.2) is 18.6 Å². The molecule has 0 fully saturated rings. The number of nitrogens with one attached hydrogen (secondary N) is 1. The van der Waals surface area contributed by atoms with Crippen LogP contribution in [0.4, 0.5) is 5.82 Å². The quantitative estimate of drug-likeness (QED) is 0.866. The van der Waals surface area contributed by atoms with Gasteiger partial charge in [-0.2, -0.15) is 0 Å². The summed E-state index contributed by atoms with van der Waals surface area (Å²) in [5, 5.41) is 3.21. The molecule has 0 amide bonds. The van der Waals surface area contributed by atoms with Gasteiger partial charge in [0, 0.05) is 18.8 Å². The Kier molecular flexibility index (Phi) is 4.58. The number of rotatable bonds is 6. The lowest BCUT2D eigenvalue weighted by molar-refractivity contribution is 0.503. The van der Waals surface area contributed by atoms with Gasteiger partial charge in [-0.15, -0.1) is 0 Å². The summed E-state index contributed by atoms with van der Waals surface area (Å²) in [5.41, 5.74) is 1.19. The van der Waals surface area contributed by atoms with E-state index in [0.717, 1.165) is 24.7 Å². The van der Waals surface area contributed by atoms with Crippen LogP contribution in [0.3, 0.4) is 0 Å². The average molecular weight is 259 g/mol. The molecule has 2 aromatic rings. The molecule has 4 heteroatoms. The molecule has 1 unspecified atom stereocenters. The molecule has 0 saturated carbocycles. The highest BCUT2D eigenvalue weighted by Gasteiger charge is 2.09. The second kappa shape index (κ2) is 6.38. The van der Waals surface area contributed by atoms with Crippen LogP contribution in [0.15, 0.2) is 41.1 Å². The zero-order valence-corrected chi connectivity index (χ0v) is 11.8. The number of furan rings is 1. The molecule has 0 aromatic carbocycles. The van der Waals surface area contributed by atoms with Crippen LogP contribution >= 0.6 is 0 Å². The molecular weight excluding hydrogens is 238 g/mol. The third kappa shape index (κ3) is 3.35. The van der Waals surface area contributed by atoms with Gasteiger partial charge in [0.25, 0.3) is 0 Å². The number of anilines is 1. The van der Waals surface area contributed by atoms with Gasteiger partial charge in [0.05, 0.1) is 12.8 Å². The van der Waals surface area contributed by atoms with Crippen LogP contribution in [0.2, 0.25) is 0 Å². The van der Waals surface area contributed by atoms with Gasteiger partial charge in [-0.05, 0) is 44.7 Å². The molecule has 102 valence electrons. The first-order chi connectivity index (χ1) is 9.24. The normalized spacial score (nSPS) is 12.4. The Labute approximate surface area is 114 Å². The SMILES string of the molecule is CCN(Cc1ccco1)c1ccc(C(C)NC)cn1. The highest BCUT2D eigenvalue weighted by atomic mass is 16.3. The summed E-state index contributed by atoms with van der Waals surface area (Å²) >= 11 is 0. The van der Waals surface area contributed by atoms with Crippen molar-refractivity contribution in [2.75, 3.05) is 18.5 Å². The first-order valence-electron chi connectivity index (χ1n) is 6.65. The van der Waals surface area contributed by atoms with E-state index in [9.17, 15) is 0 Å². The Balaban J connectivity index is 2.10. The van der Waals surface area contributed by atoms with Crippen LogP contribution in [0.5, 0.6) is 0 Å². The summed E-state index contributed by atoms with van der Waals surface area (Å²) in [5.74, 6) is 1.93. The van der Waals surface area contributed by atoms with Crippen molar-refractivity contribution in [2.45, 2.75) is 26.4 Å². The molecule has 2 rings (SSSR count). The zero-order chi connectivity index (χ0) is 13.7. The van der Waals surface area contributed by atoms with Gasteiger partial charge in [0.1, 0.15) is 11.6 Å². The van der Waals surface area contributed by atoms with Crippen molar-refractivity contribution in [2.24, 2.45) is 0 Å². The lowest BCUT2D eigenvalue weighted by atomic mass is 10.1. The van der Waals surface area contributed by atoms with Crippen molar-refractivity contribution in [3.05, 3.63) is 48.0 Å². The summed E-state index contributed by atoms with van der Waals surface area (Å²) in [6, 6.07) is 8.40. The molecule has 0 aliphatic carbocycles. The Morgan fingerprint density at radius 3 is 2.74 bits per heavy atom. The Morgan fingerprint density at radius 1 is 1.37 bits per heavy atom. The summed E-state index contributed by atoms with van der Waals surface area (Å²) in [6.45, 7) is 5.89. The maximum atomic E-state index is 5.39. The van der Waals surface area contributed by atoms with Gasteiger partial charge in [-0.25, -0.2) is 4.98 Å². The third-order valence-electron chi connectivity index (χ3n) is 3.34. The highest BCUT2D eigenvalue weighted by molar-refractivity contribution is 5.40. The summed E-state index contributed by atoms with van der Waals surface area (Å²) in [7, 11) is 1.95. The summed E-state index contributed by atoms with van der Waals surface area (Å²) < 4.78 is 5.39. The van der Waals surface area contributed by atoms with Gasteiger partial charge in [0.15, 0.2) is 0 Å². The largest absolute Gasteiger partial charge is 0.467 e. The standard InChI is InChI=1S/C15H21N3O/c1-4-18(11-14-6-5-9-19-14)15-8-7-13(10-17-15)12(2)16-3/h5-10,12,16H,4,11H2,1-3H3. The topological polar surface area (TPSA) is 41.3 Å². The fourth-order valence-electron chi connectivity index (χ4n) is 1.95. The van der Waals surface area contributed by atoms with Gasteiger partial charge in [-0.3, -0.25) is 0 Å². The smallest absolute Gasteiger partial charge is 0.128 e. The Bertz CT molecular complexity index is 479. The highest BCUT2D eigenvalue weighted by Crippen LogP contribution is 2.17. The predicted molar refractivity (Wildman–Crippen MR) is 77.1 cm³/mol. The molecule has 0 radical (unpaired) electrons. The Hall–Kier alpha value is -1.81. The molecule has 0 spiro atoms. The van der Waals surface area contributed by atoms with Gasteiger partial charge in [-0.1, -0.05) is 6.07 Å². The molecule has 2 aromatic heterocycles. The fraction of sp³-hybridized carbons (Fsp3) is 0.400. The zero-order valence-electron chi connectivity index (χ0n) is 11.8. The molecule has 2 heterocycles. The second-order valence-corrected chi connectivity index (χ2v) is 4.55. The van der Waals surface area contributed by atoms with Gasteiger partial charge < -0.3 is 14.6 Å². The van der Waals surface area contributed by atoms with Crippen molar-refractivity contribution in [3.63, 3.8) is 0 Å². The molecule has 0 saturated heterocycles. The molecule has 1 atom stereocenters. The summed E-state index contributed by atoms with van der Waals surface area (Å²) in [4.78, 5) is 6.73. The van der Waals surface area contributed by atoms with E-state index in [1.807, 2.05) is 25.4 Å². The minimum atomic E-state index is 0.321. The van der Waals surface area contributed by atoms with E-state index in [-0.39, 0.29) is 0 Å². The van der Waals surface area contributed by atoms with Crippen LogP contribution < -0.4 is 10.2 Å². The van der Waals surface area contributed by atoms with E-state index in [0.29, 0.717) is 6.04 Å². The number of aromatic nitrogens is 1. The lowest BCUT2D eigenvalue weighted by Crippen LogP contribution is -2.23. The molecule has 1 N–H and O–H groups in total. The molecule has 0 aliphatic heterocycles. The predicted octanol–water partition coefficient (Wildman–Crippen LogP) is 2.98. The van der Waals surface area contributed by atoms with E-state index in [1.165, 1.54) is 5.56 Å².